The first-order valence-electron chi connectivity index (χ1n) is 5.93. The summed E-state index contributed by atoms with van der Waals surface area (Å²) in [7, 11) is 1.39. The van der Waals surface area contributed by atoms with E-state index < -0.39 is 30.2 Å². The summed E-state index contributed by atoms with van der Waals surface area (Å²) in [6.45, 7) is -0.0275. The molecule has 0 aliphatic heterocycles. The van der Waals surface area contributed by atoms with Gasteiger partial charge in [0, 0.05) is 13.7 Å². The second-order valence-corrected chi connectivity index (χ2v) is 4.24. The van der Waals surface area contributed by atoms with Crippen LogP contribution < -0.4 is 5.32 Å². The van der Waals surface area contributed by atoms with Crippen LogP contribution in [-0.4, -0.2) is 37.4 Å². The first-order valence-corrected chi connectivity index (χ1v) is 5.93. The van der Waals surface area contributed by atoms with E-state index >= 15 is 0 Å². The Morgan fingerprint density at radius 2 is 2.05 bits per heavy atom. The predicted molar refractivity (Wildman–Crippen MR) is 66.0 cm³/mol. The third-order valence-electron chi connectivity index (χ3n) is 2.57. The molecule has 112 valence electrons. The highest BCUT2D eigenvalue weighted by Gasteiger charge is 2.33. The van der Waals surface area contributed by atoms with Crippen molar-refractivity contribution in [3.8, 4) is 0 Å². The molecule has 0 fully saturated rings. The first-order chi connectivity index (χ1) is 9.34. The summed E-state index contributed by atoms with van der Waals surface area (Å²) in [5.41, 5.74) is -0.925. The lowest BCUT2D eigenvalue weighted by Crippen LogP contribution is -2.35. The van der Waals surface area contributed by atoms with Crippen molar-refractivity contribution >= 4 is 5.91 Å². The van der Waals surface area contributed by atoms with E-state index in [-0.39, 0.29) is 18.7 Å². The number of amides is 1. The summed E-state index contributed by atoms with van der Waals surface area (Å²) in [5, 5.41) is 11.7. The molecule has 1 amide bonds. The summed E-state index contributed by atoms with van der Waals surface area (Å²) in [6.07, 6.45) is -5.77. The van der Waals surface area contributed by atoms with Crippen LogP contribution in [0.4, 0.5) is 13.2 Å². The number of ether oxygens (including phenoxy) is 1. The molecular formula is C13H16F3NO3. The number of benzene rings is 1. The van der Waals surface area contributed by atoms with Crippen LogP contribution in [-0.2, 0) is 22.1 Å². The lowest BCUT2D eigenvalue weighted by molar-refractivity contribution is -0.138. The van der Waals surface area contributed by atoms with Crippen LogP contribution in [0.3, 0.4) is 0 Å². The maximum absolute atomic E-state index is 12.7. The number of carbonyl (C=O) groups is 1. The van der Waals surface area contributed by atoms with Crippen LogP contribution in [0.2, 0.25) is 0 Å². The summed E-state index contributed by atoms with van der Waals surface area (Å²) in [4.78, 5) is 11.6. The molecule has 0 heterocycles. The van der Waals surface area contributed by atoms with E-state index in [1.165, 1.54) is 25.3 Å². The average Bonchev–Trinajstić information content (AvgIpc) is 2.36. The number of nitrogens with one attached hydrogen (secondary N) is 1. The van der Waals surface area contributed by atoms with Crippen molar-refractivity contribution in [2.75, 3.05) is 20.3 Å². The number of methoxy groups -OCH3 is 1. The Bertz CT molecular complexity index is 449. The van der Waals surface area contributed by atoms with Crippen molar-refractivity contribution in [1.82, 2.24) is 5.32 Å². The Labute approximate surface area is 114 Å². The number of alkyl halides is 3. The molecule has 0 aromatic heterocycles. The third kappa shape index (κ3) is 5.18. The van der Waals surface area contributed by atoms with Crippen LogP contribution in [0.15, 0.2) is 24.3 Å². The zero-order valence-corrected chi connectivity index (χ0v) is 10.9. The van der Waals surface area contributed by atoms with Crippen molar-refractivity contribution in [3.63, 3.8) is 0 Å². The van der Waals surface area contributed by atoms with Gasteiger partial charge in [0.2, 0.25) is 5.91 Å². The maximum atomic E-state index is 12.7. The fourth-order valence-electron chi connectivity index (χ4n) is 1.67. The van der Waals surface area contributed by atoms with Gasteiger partial charge in [-0.2, -0.15) is 13.2 Å². The van der Waals surface area contributed by atoms with Crippen LogP contribution in [0, 0.1) is 0 Å². The number of aliphatic hydroxyl groups is 1. The number of carbonyl (C=O) groups excluding carboxylic acids is 1. The number of rotatable bonds is 6. The molecule has 0 spiro atoms. The standard InChI is InChI=1S/C13H16F3NO3/c1-20-8-10(18)7-17-12(19)6-9-4-2-3-5-11(9)13(14,15)16/h2-5,10,18H,6-8H2,1H3,(H,17,19)/t10-/m0/s1. The Morgan fingerprint density at radius 1 is 1.40 bits per heavy atom. The van der Waals surface area contributed by atoms with Gasteiger partial charge in [-0.1, -0.05) is 18.2 Å². The average molecular weight is 291 g/mol. The molecule has 0 radical (unpaired) electrons. The zero-order chi connectivity index (χ0) is 15.2. The normalized spacial score (nSPS) is 13.1. The molecule has 2 N–H and O–H groups in total. The van der Waals surface area contributed by atoms with E-state index in [0.29, 0.717) is 0 Å². The van der Waals surface area contributed by atoms with Crippen LogP contribution >= 0.6 is 0 Å². The first kappa shape index (κ1) is 16.5. The molecule has 0 aliphatic carbocycles. The van der Waals surface area contributed by atoms with Crippen molar-refractivity contribution < 1.29 is 27.8 Å². The van der Waals surface area contributed by atoms with E-state index in [2.05, 4.69) is 10.1 Å². The van der Waals surface area contributed by atoms with Gasteiger partial charge in [0.15, 0.2) is 0 Å². The summed E-state index contributed by atoms with van der Waals surface area (Å²) < 4.78 is 42.8. The largest absolute Gasteiger partial charge is 0.416 e. The van der Waals surface area contributed by atoms with Crippen LogP contribution in [0.5, 0.6) is 0 Å². The molecule has 0 bridgehead atoms. The highest BCUT2D eigenvalue weighted by Crippen LogP contribution is 2.31. The van der Waals surface area contributed by atoms with Gasteiger partial charge in [0.05, 0.1) is 24.7 Å². The zero-order valence-electron chi connectivity index (χ0n) is 10.9. The summed E-state index contributed by atoms with van der Waals surface area (Å²) >= 11 is 0. The van der Waals surface area contributed by atoms with Gasteiger partial charge in [0.1, 0.15) is 0 Å². The quantitative estimate of drug-likeness (QED) is 0.832. The molecule has 7 heteroatoms. The van der Waals surface area contributed by atoms with Gasteiger partial charge in [0.25, 0.3) is 0 Å². The Hall–Kier alpha value is -1.60. The molecule has 20 heavy (non-hydrogen) atoms. The highest BCUT2D eigenvalue weighted by atomic mass is 19.4. The molecule has 1 atom stereocenters. The fraction of sp³-hybridized carbons (Fsp3) is 0.462. The van der Waals surface area contributed by atoms with E-state index in [1.807, 2.05) is 0 Å². The van der Waals surface area contributed by atoms with E-state index in [4.69, 9.17) is 0 Å². The molecule has 0 saturated carbocycles. The second kappa shape index (κ2) is 7.25. The van der Waals surface area contributed by atoms with Crippen molar-refractivity contribution in [2.24, 2.45) is 0 Å². The van der Waals surface area contributed by atoms with Crippen molar-refractivity contribution in [1.29, 1.82) is 0 Å². The highest BCUT2D eigenvalue weighted by molar-refractivity contribution is 5.79. The molecule has 0 aliphatic rings. The molecule has 0 unspecified atom stereocenters. The minimum absolute atomic E-state index is 0.0411. The minimum atomic E-state index is -4.49. The molecule has 1 rings (SSSR count). The smallest absolute Gasteiger partial charge is 0.389 e. The molecule has 1 aromatic carbocycles. The molecular weight excluding hydrogens is 275 g/mol. The molecule has 1 aromatic rings. The Morgan fingerprint density at radius 3 is 2.65 bits per heavy atom. The van der Waals surface area contributed by atoms with Gasteiger partial charge in [-0.3, -0.25) is 4.79 Å². The third-order valence-corrected chi connectivity index (χ3v) is 2.57. The Balaban J connectivity index is 2.63. The Kier molecular flexibility index (Phi) is 5.97. The summed E-state index contributed by atoms with van der Waals surface area (Å²) in [5.74, 6) is -0.586. The minimum Gasteiger partial charge on any atom is -0.389 e. The predicted octanol–water partition coefficient (Wildman–Crippen LogP) is 1.37. The summed E-state index contributed by atoms with van der Waals surface area (Å²) in [6, 6.07) is 4.90. The topological polar surface area (TPSA) is 58.6 Å². The van der Waals surface area contributed by atoms with Gasteiger partial charge >= 0.3 is 6.18 Å². The van der Waals surface area contributed by atoms with E-state index in [0.717, 1.165) is 6.07 Å². The number of aliphatic hydroxyl groups excluding tert-OH is 1. The van der Waals surface area contributed by atoms with Crippen molar-refractivity contribution in [3.05, 3.63) is 35.4 Å². The molecule has 0 saturated heterocycles. The number of hydrogen-bond donors (Lipinski definition) is 2. The second-order valence-electron chi connectivity index (χ2n) is 4.24. The van der Waals surface area contributed by atoms with Gasteiger partial charge < -0.3 is 15.2 Å². The number of hydrogen-bond acceptors (Lipinski definition) is 3. The van der Waals surface area contributed by atoms with Gasteiger partial charge in [-0.05, 0) is 11.6 Å². The fourth-order valence-corrected chi connectivity index (χ4v) is 1.67. The van der Waals surface area contributed by atoms with Crippen molar-refractivity contribution in [2.45, 2.75) is 18.7 Å². The van der Waals surface area contributed by atoms with Crippen LogP contribution in [0.25, 0.3) is 0 Å². The van der Waals surface area contributed by atoms with Gasteiger partial charge in [-0.15, -0.1) is 0 Å². The lowest BCUT2D eigenvalue weighted by atomic mass is 10.0. The van der Waals surface area contributed by atoms with E-state index in [9.17, 15) is 23.1 Å². The maximum Gasteiger partial charge on any atom is 0.416 e. The lowest BCUT2D eigenvalue weighted by Gasteiger charge is -2.14. The monoisotopic (exact) mass is 291 g/mol. The number of halogens is 3. The van der Waals surface area contributed by atoms with Crippen LogP contribution in [0.1, 0.15) is 11.1 Å². The molecule has 4 nitrogen and oxygen atoms in total. The van der Waals surface area contributed by atoms with Gasteiger partial charge in [-0.25, -0.2) is 0 Å². The van der Waals surface area contributed by atoms with E-state index in [1.54, 1.807) is 0 Å². The SMILES string of the molecule is COC[C@@H](O)CNC(=O)Cc1ccccc1C(F)(F)F.